The Morgan fingerprint density at radius 3 is 2.19 bits per heavy atom. The fourth-order valence-corrected chi connectivity index (χ4v) is 3.48. The summed E-state index contributed by atoms with van der Waals surface area (Å²) in [6.45, 7) is 5.56. The molecule has 1 aromatic carbocycles. The van der Waals surface area contributed by atoms with E-state index in [1.807, 2.05) is 0 Å². The Labute approximate surface area is 130 Å². The minimum Gasteiger partial charge on any atom is -0.497 e. The molecule has 2 rings (SSSR count). The minimum atomic E-state index is 0.552. The summed E-state index contributed by atoms with van der Waals surface area (Å²) in [5.41, 5.74) is 1.47. The Morgan fingerprint density at radius 2 is 1.67 bits per heavy atom. The van der Waals surface area contributed by atoms with E-state index in [4.69, 9.17) is 4.74 Å². The van der Waals surface area contributed by atoms with Gasteiger partial charge in [0, 0.05) is 12.6 Å². The van der Waals surface area contributed by atoms with Gasteiger partial charge in [-0.15, -0.1) is 0 Å². The molecule has 0 radical (unpaired) electrons. The fraction of sp³-hybridized carbons (Fsp3) is 0.684. The summed E-state index contributed by atoms with van der Waals surface area (Å²) in [4.78, 5) is 0. The number of nitrogens with one attached hydrogen (secondary N) is 1. The molecule has 1 atom stereocenters. The molecule has 1 N–H and O–H groups in total. The highest BCUT2D eigenvalue weighted by atomic mass is 16.5. The normalized spacial score (nSPS) is 18.5. The lowest BCUT2D eigenvalue weighted by atomic mass is 9.81. The van der Waals surface area contributed by atoms with Gasteiger partial charge in [-0.1, -0.05) is 51.7 Å². The first kappa shape index (κ1) is 16.4. The van der Waals surface area contributed by atoms with Crippen LogP contribution in [0.2, 0.25) is 0 Å². The average molecular weight is 289 g/mol. The summed E-state index contributed by atoms with van der Waals surface area (Å²) in [7, 11) is 1.73. The smallest absolute Gasteiger partial charge is 0.118 e. The number of ether oxygens (including phenoxy) is 1. The van der Waals surface area contributed by atoms with Crippen molar-refractivity contribution in [3.63, 3.8) is 0 Å². The van der Waals surface area contributed by atoms with E-state index in [1.54, 1.807) is 7.11 Å². The summed E-state index contributed by atoms with van der Waals surface area (Å²) in [6, 6.07) is 9.28. The van der Waals surface area contributed by atoms with Crippen LogP contribution in [-0.2, 0) is 0 Å². The van der Waals surface area contributed by atoms with E-state index < -0.39 is 0 Å². The van der Waals surface area contributed by atoms with Crippen molar-refractivity contribution in [3.05, 3.63) is 29.8 Å². The van der Waals surface area contributed by atoms with Crippen LogP contribution in [0.5, 0.6) is 5.75 Å². The van der Waals surface area contributed by atoms with E-state index >= 15 is 0 Å². The molecule has 0 amide bonds. The molecule has 0 heterocycles. The molecule has 0 spiro atoms. The Morgan fingerprint density at radius 1 is 1.05 bits per heavy atom. The number of rotatable bonds is 6. The maximum absolute atomic E-state index is 5.30. The summed E-state index contributed by atoms with van der Waals surface area (Å²) in [5, 5.41) is 3.66. The van der Waals surface area contributed by atoms with Gasteiger partial charge >= 0.3 is 0 Å². The van der Waals surface area contributed by atoms with E-state index in [2.05, 4.69) is 43.4 Å². The van der Waals surface area contributed by atoms with E-state index in [9.17, 15) is 0 Å². The minimum absolute atomic E-state index is 0.552. The Hall–Kier alpha value is -1.02. The first-order valence-electron chi connectivity index (χ1n) is 8.58. The van der Waals surface area contributed by atoms with Gasteiger partial charge in [-0.05, 0) is 42.4 Å². The van der Waals surface area contributed by atoms with Crippen LogP contribution < -0.4 is 10.1 Å². The van der Waals surface area contributed by atoms with Crippen molar-refractivity contribution in [3.8, 4) is 5.75 Å². The maximum atomic E-state index is 5.30. The lowest BCUT2D eigenvalue weighted by Crippen LogP contribution is -2.31. The molecule has 1 saturated carbocycles. The molecule has 1 aliphatic carbocycles. The summed E-state index contributed by atoms with van der Waals surface area (Å²) in [6.07, 6.45) is 8.41. The molecule has 1 fully saturated rings. The Balaban J connectivity index is 2.12. The van der Waals surface area contributed by atoms with Gasteiger partial charge in [0.25, 0.3) is 0 Å². The van der Waals surface area contributed by atoms with Gasteiger partial charge in [-0.25, -0.2) is 0 Å². The molecule has 2 nitrogen and oxygen atoms in total. The van der Waals surface area contributed by atoms with Crippen molar-refractivity contribution < 1.29 is 4.74 Å². The second kappa shape index (κ2) is 8.43. The van der Waals surface area contributed by atoms with Crippen molar-refractivity contribution in [1.82, 2.24) is 5.32 Å². The van der Waals surface area contributed by atoms with Gasteiger partial charge in [0.2, 0.25) is 0 Å². The lowest BCUT2D eigenvalue weighted by molar-refractivity contribution is 0.352. The zero-order valence-electron chi connectivity index (χ0n) is 13.9. The molecule has 0 aliphatic heterocycles. The van der Waals surface area contributed by atoms with Crippen LogP contribution in [-0.4, -0.2) is 19.7 Å². The Kier molecular flexibility index (Phi) is 6.56. The van der Waals surface area contributed by atoms with Gasteiger partial charge in [-0.3, -0.25) is 0 Å². The van der Waals surface area contributed by atoms with Crippen LogP contribution in [0.15, 0.2) is 24.3 Å². The molecular formula is C19H31NO. The molecule has 1 aromatic rings. The lowest BCUT2D eigenvalue weighted by Gasteiger charge is -2.28. The zero-order valence-corrected chi connectivity index (χ0v) is 13.9. The molecule has 2 heteroatoms. The fourth-order valence-electron chi connectivity index (χ4n) is 3.48. The third-order valence-corrected chi connectivity index (χ3v) is 4.76. The topological polar surface area (TPSA) is 21.3 Å². The summed E-state index contributed by atoms with van der Waals surface area (Å²) in [5.74, 6) is 2.42. The van der Waals surface area contributed by atoms with Gasteiger partial charge in [0.05, 0.1) is 7.11 Å². The van der Waals surface area contributed by atoms with E-state index in [0.717, 1.165) is 18.2 Å². The molecule has 21 heavy (non-hydrogen) atoms. The van der Waals surface area contributed by atoms with Crippen LogP contribution in [0, 0.1) is 5.92 Å². The molecule has 1 unspecified atom stereocenters. The van der Waals surface area contributed by atoms with Crippen LogP contribution in [0.3, 0.4) is 0 Å². The van der Waals surface area contributed by atoms with Crippen molar-refractivity contribution in [1.29, 1.82) is 0 Å². The predicted octanol–water partition coefficient (Wildman–Crippen LogP) is 4.75. The van der Waals surface area contributed by atoms with E-state index in [0.29, 0.717) is 12.0 Å². The van der Waals surface area contributed by atoms with E-state index in [1.165, 1.54) is 44.1 Å². The van der Waals surface area contributed by atoms with Crippen LogP contribution in [0.1, 0.15) is 63.9 Å². The zero-order chi connectivity index (χ0) is 15.1. The number of hydrogen-bond acceptors (Lipinski definition) is 2. The quantitative estimate of drug-likeness (QED) is 0.763. The van der Waals surface area contributed by atoms with Gasteiger partial charge in [-0.2, -0.15) is 0 Å². The maximum Gasteiger partial charge on any atom is 0.118 e. The first-order valence-corrected chi connectivity index (χ1v) is 8.58. The molecular weight excluding hydrogens is 258 g/mol. The van der Waals surface area contributed by atoms with Crippen molar-refractivity contribution >= 4 is 0 Å². The van der Waals surface area contributed by atoms with Crippen molar-refractivity contribution in [2.24, 2.45) is 5.92 Å². The summed E-state index contributed by atoms with van der Waals surface area (Å²) < 4.78 is 5.30. The molecule has 1 aliphatic rings. The van der Waals surface area contributed by atoms with Gasteiger partial charge in [0.15, 0.2) is 0 Å². The van der Waals surface area contributed by atoms with Crippen molar-refractivity contribution in [2.45, 2.75) is 64.3 Å². The predicted molar refractivity (Wildman–Crippen MR) is 90.1 cm³/mol. The van der Waals surface area contributed by atoms with Gasteiger partial charge in [0.1, 0.15) is 5.75 Å². The van der Waals surface area contributed by atoms with Crippen LogP contribution in [0.4, 0.5) is 0 Å². The largest absolute Gasteiger partial charge is 0.497 e. The first-order chi connectivity index (χ1) is 10.2. The highest BCUT2D eigenvalue weighted by molar-refractivity contribution is 5.30. The third kappa shape index (κ3) is 5.03. The standard InChI is InChI=1S/C19H31NO/c1-15(2)20-14-19(16-8-6-4-5-7-9-16)17-10-12-18(21-3)13-11-17/h10-13,15-16,19-20H,4-9,14H2,1-3H3. The molecule has 0 bridgehead atoms. The van der Waals surface area contributed by atoms with Gasteiger partial charge < -0.3 is 10.1 Å². The van der Waals surface area contributed by atoms with E-state index in [-0.39, 0.29) is 0 Å². The monoisotopic (exact) mass is 289 g/mol. The second-order valence-corrected chi connectivity index (χ2v) is 6.69. The third-order valence-electron chi connectivity index (χ3n) is 4.76. The molecule has 0 aromatic heterocycles. The number of hydrogen-bond donors (Lipinski definition) is 1. The number of benzene rings is 1. The van der Waals surface area contributed by atoms with Crippen LogP contribution in [0.25, 0.3) is 0 Å². The average Bonchev–Trinajstić information content (AvgIpc) is 2.77. The highest BCUT2D eigenvalue weighted by Crippen LogP contribution is 2.35. The second-order valence-electron chi connectivity index (χ2n) is 6.69. The summed E-state index contributed by atoms with van der Waals surface area (Å²) >= 11 is 0. The van der Waals surface area contributed by atoms with Crippen molar-refractivity contribution in [2.75, 3.05) is 13.7 Å². The Bertz CT molecular complexity index is 391. The molecule has 0 saturated heterocycles. The SMILES string of the molecule is COc1ccc(C(CNC(C)C)C2CCCCCC2)cc1. The van der Waals surface area contributed by atoms with Crippen LogP contribution >= 0.6 is 0 Å². The molecule has 118 valence electrons. The highest BCUT2D eigenvalue weighted by Gasteiger charge is 2.24. The number of methoxy groups -OCH3 is 1.